The molecule has 4 unspecified atom stereocenters. The Bertz CT molecular complexity index is 227. The van der Waals surface area contributed by atoms with Crippen LogP contribution in [0.1, 0.15) is 45.4 Å². The molecule has 0 aromatic heterocycles. The molecule has 1 aliphatic carbocycles. The summed E-state index contributed by atoms with van der Waals surface area (Å²) in [7, 11) is 2.32. The molecule has 0 spiro atoms. The van der Waals surface area contributed by atoms with E-state index in [0.29, 0.717) is 0 Å². The third kappa shape index (κ3) is 1.83. The van der Waals surface area contributed by atoms with Gasteiger partial charge in [0.05, 0.1) is 0 Å². The van der Waals surface area contributed by atoms with Crippen LogP contribution in [-0.4, -0.2) is 36.1 Å². The maximum atomic E-state index is 3.89. The zero-order chi connectivity index (χ0) is 10.4. The predicted octanol–water partition coefficient (Wildman–Crippen LogP) is 2.00. The number of hydrogen-bond donors (Lipinski definition) is 1. The zero-order valence-corrected chi connectivity index (χ0v) is 10.1. The van der Waals surface area contributed by atoms with Gasteiger partial charge in [0.15, 0.2) is 0 Å². The molecule has 2 heteroatoms. The van der Waals surface area contributed by atoms with Crippen molar-refractivity contribution in [2.24, 2.45) is 5.92 Å². The van der Waals surface area contributed by atoms with E-state index < -0.39 is 0 Å². The Kier molecular flexibility index (Phi) is 2.52. The Hall–Kier alpha value is -0.0800. The van der Waals surface area contributed by atoms with Crippen molar-refractivity contribution in [1.82, 2.24) is 10.2 Å². The van der Waals surface area contributed by atoms with Crippen molar-refractivity contribution in [3.63, 3.8) is 0 Å². The highest BCUT2D eigenvalue weighted by Gasteiger charge is 2.42. The molecule has 1 saturated carbocycles. The van der Waals surface area contributed by atoms with Gasteiger partial charge in [0.2, 0.25) is 0 Å². The van der Waals surface area contributed by atoms with Gasteiger partial charge in [-0.15, -0.1) is 0 Å². The number of fused-ring (bicyclic) bond motifs is 2. The average molecular weight is 208 g/mol. The van der Waals surface area contributed by atoms with E-state index in [9.17, 15) is 0 Å². The van der Waals surface area contributed by atoms with E-state index in [1.807, 2.05) is 0 Å². The van der Waals surface area contributed by atoms with E-state index in [2.05, 4.69) is 24.2 Å². The van der Waals surface area contributed by atoms with Gasteiger partial charge in [0.25, 0.3) is 0 Å². The van der Waals surface area contributed by atoms with Crippen LogP contribution in [0.3, 0.4) is 0 Å². The van der Waals surface area contributed by atoms with Crippen molar-refractivity contribution in [3.8, 4) is 0 Å². The van der Waals surface area contributed by atoms with E-state index >= 15 is 0 Å². The number of hydrogen-bond acceptors (Lipinski definition) is 2. The van der Waals surface area contributed by atoms with Gasteiger partial charge < -0.3 is 10.2 Å². The Labute approximate surface area is 93.4 Å². The Morgan fingerprint density at radius 1 is 1.13 bits per heavy atom. The summed E-state index contributed by atoms with van der Waals surface area (Å²) in [6, 6.07) is 3.49. The fourth-order valence-corrected chi connectivity index (χ4v) is 3.75. The normalized spacial score (nSPS) is 49.6. The summed E-state index contributed by atoms with van der Waals surface area (Å²) in [6.07, 6.45) is 8.51. The van der Waals surface area contributed by atoms with E-state index in [1.165, 1.54) is 38.5 Å². The van der Waals surface area contributed by atoms with Crippen LogP contribution in [0.2, 0.25) is 0 Å². The monoisotopic (exact) mass is 208 g/mol. The lowest BCUT2D eigenvalue weighted by molar-refractivity contribution is 0.147. The average Bonchev–Trinajstić information content (AvgIpc) is 2.94. The van der Waals surface area contributed by atoms with E-state index in [1.54, 1.807) is 0 Å². The molecule has 3 aliphatic rings. The Morgan fingerprint density at radius 2 is 1.80 bits per heavy atom. The van der Waals surface area contributed by atoms with Crippen molar-refractivity contribution in [2.75, 3.05) is 7.05 Å². The molecule has 86 valence electrons. The molecule has 3 rings (SSSR count). The van der Waals surface area contributed by atoms with Crippen LogP contribution in [0, 0.1) is 5.92 Å². The van der Waals surface area contributed by atoms with Crippen LogP contribution in [0.4, 0.5) is 0 Å². The third-order valence-corrected chi connectivity index (χ3v) is 4.99. The van der Waals surface area contributed by atoms with Gasteiger partial charge in [-0.2, -0.15) is 0 Å². The molecule has 4 atom stereocenters. The summed E-state index contributed by atoms with van der Waals surface area (Å²) in [5, 5.41) is 3.89. The maximum absolute atomic E-state index is 3.89. The molecular weight excluding hydrogens is 184 g/mol. The minimum absolute atomic E-state index is 0.834. The molecule has 0 amide bonds. The molecule has 15 heavy (non-hydrogen) atoms. The maximum Gasteiger partial charge on any atom is 0.0111 e. The highest BCUT2D eigenvalue weighted by molar-refractivity contribution is 5.00. The number of piperidine rings is 1. The minimum atomic E-state index is 0.834. The lowest BCUT2D eigenvalue weighted by atomic mass is 9.98. The van der Waals surface area contributed by atoms with Gasteiger partial charge >= 0.3 is 0 Å². The minimum Gasteiger partial charge on any atom is -0.311 e. The number of nitrogens with zero attached hydrogens (tertiary/aromatic N) is 1. The first-order chi connectivity index (χ1) is 7.28. The molecule has 0 radical (unpaired) electrons. The second kappa shape index (κ2) is 3.74. The topological polar surface area (TPSA) is 15.3 Å². The first-order valence-corrected chi connectivity index (χ1v) is 6.76. The molecular formula is C13H24N2. The zero-order valence-electron chi connectivity index (χ0n) is 10.1. The molecule has 0 aromatic carbocycles. The first kappa shape index (κ1) is 10.1. The van der Waals surface area contributed by atoms with Gasteiger partial charge in [-0.25, -0.2) is 0 Å². The van der Waals surface area contributed by atoms with E-state index in [-0.39, 0.29) is 0 Å². The second-order valence-electron chi connectivity index (χ2n) is 5.90. The SMILES string of the molecule is CCC1CC1NC1CC2CCC(C1)N2C. The summed E-state index contributed by atoms with van der Waals surface area (Å²) in [6.45, 7) is 2.32. The van der Waals surface area contributed by atoms with Gasteiger partial charge in [0.1, 0.15) is 0 Å². The lowest BCUT2D eigenvalue weighted by Crippen LogP contribution is -2.48. The summed E-state index contributed by atoms with van der Waals surface area (Å²) in [5.74, 6) is 1.00. The first-order valence-electron chi connectivity index (χ1n) is 6.76. The largest absolute Gasteiger partial charge is 0.311 e. The van der Waals surface area contributed by atoms with Crippen LogP contribution in [0.25, 0.3) is 0 Å². The third-order valence-electron chi connectivity index (χ3n) is 4.99. The predicted molar refractivity (Wildman–Crippen MR) is 62.9 cm³/mol. The van der Waals surface area contributed by atoms with Crippen molar-refractivity contribution in [2.45, 2.75) is 69.6 Å². The van der Waals surface area contributed by atoms with Gasteiger partial charge in [-0.3, -0.25) is 0 Å². The Morgan fingerprint density at radius 3 is 2.33 bits per heavy atom. The smallest absolute Gasteiger partial charge is 0.0111 e. The van der Waals surface area contributed by atoms with Crippen LogP contribution in [0.15, 0.2) is 0 Å². The molecule has 2 saturated heterocycles. The number of nitrogens with one attached hydrogen (secondary N) is 1. The van der Waals surface area contributed by atoms with Crippen molar-refractivity contribution < 1.29 is 0 Å². The summed E-state index contributed by atoms with van der Waals surface area (Å²) in [4.78, 5) is 2.63. The number of rotatable bonds is 3. The van der Waals surface area contributed by atoms with Crippen LogP contribution in [0.5, 0.6) is 0 Å². The molecule has 2 nitrogen and oxygen atoms in total. The van der Waals surface area contributed by atoms with Crippen molar-refractivity contribution in [1.29, 1.82) is 0 Å². The molecule has 1 N–H and O–H groups in total. The highest BCUT2D eigenvalue weighted by atomic mass is 15.2. The second-order valence-corrected chi connectivity index (χ2v) is 5.90. The van der Waals surface area contributed by atoms with E-state index in [0.717, 1.165) is 30.1 Å². The van der Waals surface area contributed by atoms with Crippen molar-refractivity contribution >= 4 is 0 Å². The Balaban J connectivity index is 1.53. The van der Waals surface area contributed by atoms with Gasteiger partial charge in [-0.05, 0) is 45.1 Å². The van der Waals surface area contributed by atoms with Crippen LogP contribution >= 0.6 is 0 Å². The fraction of sp³-hybridized carbons (Fsp3) is 1.00. The molecule has 2 bridgehead atoms. The quantitative estimate of drug-likeness (QED) is 0.763. The highest BCUT2D eigenvalue weighted by Crippen LogP contribution is 2.38. The summed E-state index contributed by atoms with van der Waals surface area (Å²) >= 11 is 0. The molecule has 3 fully saturated rings. The summed E-state index contributed by atoms with van der Waals surface area (Å²) in [5.41, 5.74) is 0. The van der Waals surface area contributed by atoms with Gasteiger partial charge in [-0.1, -0.05) is 13.3 Å². The summed E-state index contributed by atoms with van der Waals surface area (Å²) < 4.78 is 0. The van der Waals surface area contributed by atoms with E-state index in [4.69, 9.17) is 0 Å². The van der Waals surface area contributed by atoms with Crippen molar-refractivity contribution in [3.05, 3.63) is 0 Å². The van der Waals surface area contributed by atoms with Crippen LogP contribution < -0.4 is 5.32 Å². The van der Waals surface area contributed by atoms with Crippen LogP contribution in [-0.2, 0) is 0 Å². The van der Waals surface area contributed by atoms with Gasteiger partial charge in [0, 0.05) is 24.2 Å². The fourth-order valence-electron chi connectivity index (χ4n) is 3.75. The molecule has 0 aromatic rings. The standard InChI is InChI=1S/C13H24N2/c1-3-9-6-13(9)14-10-7-11-4-5-12(8-10)15(11)2/h9-14H,3-8H2,1-2H3. The lowest BCUT2D eigenvalue weighted by Gasteiger charge is -2.36. The molecule has 2 aliphatic heterocycles. The molecule has 2 heterocycles.